The van der Waals surface area contributed by atoms with Crippen molar-refractivity contribution >= 4 is 27.7 Å². The van der Waals surface area contributed by atoms with Crippen LogP contribution in [0.1, 0.15) is 0 Å². The van der Waals surface area contributed by atoms with E-state index in [0.717, 1.165) is 21.5 Å². The Balaban J connectivity index is 1.47. The zero-order valence-electron chi connectivity index (χ0n) is 12.9. The Hall–Kier alpha value is -1.99. The molecule has 0 aliphatic carbocycles. The van der Waals surface area contributed by atoms with Crippen molar-refractivity contribution in [2.75, 3.05) is 19.5 Å². The van der Waals surface area contributed by atoms with Gasteiger partial charge < -0.3 is 13.9 Å². The average molecular weight is 407 g/mol. The number of nitrogens with zero attached hydrogens (tertiary/aromatic N) is 2. The lowest BCUT2D eigenvalue weighted by Gasteiger charge is -2.05. The third-order valence-corrected chi connectivity index (χ3v) is 4.45. The largest absolute Gasteiger partial charge is 0.497 e. The van der Waals surface area contributed by atoms with Crippen LogP contribution >= 0.6 is 27.7 Å². The van der Waals surface area contributed by atoms with Gasteiger partial charge in [-0.15, -0.1) is 10.2 Å². The number of halogens is 1. The van der Waals surface area contributed by atoms with Gasteiger partial charge in [0, 0.05) is 15.8 Å². The van der Waals surface area contributed by atoms with E-state index in [-0.39, 0.29) is 0 Å². The molecule has 7 heteroatoms. The SMILES string of the molecule is COc1ccc(OCCSc2nnc(-c3ccc(Br)cc3)o2)cc1. The number of aromatic nitrogens is 2. The first-order chi connectivity index (χ1) is 11.7. The van der Waals surface area contributed by atoms with E-state index in [4.69, 9.17) is 13.9 Å². The summed E-state index contributed by atoms with van der Waals surface area (Å²) < 4.78 is 17.4. The number of ether oxygens (including phenoxy) is 2. The van der Waals surface area contributed by atoms with E-state index < -0.39 is 0 Å². The summed E-state index contributed by atoms with van der Waals surface area (Å²) in [7, 11) is 1.64. The minimum absolute atomic E-state index is 0.515. The number of thioether (sulfide) groups is 1. The standard InChI is InChI=1S/C17H15BrN2O3S/c1-21-14-6-8-15(9-7-14)22-10-11-24-17-20-19-16(23-17)12-2-4-13(18)5-3-12/h2-9H,10-11H2,1H3. The molecule has 0 N–H and O–H groups in total. The predicted molar refractivity (Wildman–Crippen MR) is 96.6 cm³/mol. The third kappa shape index (κ3) is 4.52. The van der Waals surface area contributed by atoms with Crippen LogP contribution in [-0.4, -0.2) is 29.7 Å². The lowest BCUT2D eigenvalue weighted by molar-refractivity contribution is 0.342. The summed E-state index contributed by atoms with van der Waals surface area (Å²) in [5.41, 5.74) is 0.895. The number of rotatable bonds is 7. The van der Waals surface area contributed by atoms with Gasteiger partial charge in [0.05, 0.1) is 13.7 Å². The topological polar surface area (TPSA) is 57.4 Å². The molecule has 0 unspecified atom stereocenters. The summed E-state index contributed by atoms with van der Waals surface area (Å²) in [4.78, 5) is 0. The molecule has 0 spiro atoms. The molecule has 1 aromatic heterocycles. The molecule has 0 bridgehead atoms. The van der Waals surface area contributed by atoms with Crippen molar-refractivity contribution in [3.8, 4) is 23.0 Å². The van der Waals surface area contributed by atoms with Crippen LogP contribution in [0.25, 0.3) is 11.5 Å². The molecule has 24 heavy (non-hydrogen) atoms. The molecular weight excluding hydrogens is 392 g/mol. The molecule has 0 fully saturated rings. The molecule has 3 aromatic rings. The van der Waals surface area contributed by atoms with Gasteiger partial charge >= 0.3 is 0 Å². The average Bonchev–Trinajstić information content (AvgIpc) is 3.09. The van der Waals surface area contributed by atoms with Crippen LogP contribution in [0.15, 0.2) is 62.6 Å². The summed E-state index contributed by atoms with van der Waals surface area (Å²) in [5.74, 6) is 2.84. The smallest absolute Gasteiger partial charge is 0.276 e. The molecule has 0 aliphatic rings. The van der Waals surface area contributed by atoms with Crippen molar-refractivity contribution < 1.29 is 13.9 Å². The van der Waals surface area contributed by atoms with Crippen LogP contribution in [-0.2, 0) is 0 Å². The molecule has 0 saturated heterocycles. The first-order valence-corrected chi connectivity index (χ1v) is 9.01. The lowest BCUT2D eigenvalue weighted by Crippen LogP contribution is -1.99. The number of methoxy groups -OCH3 is 1. The Bertz CT molecular complexity index is 775. The van der Waals surface area contributed by atoms with Gasteiger partial charge in [0.25, 0.3) is 5.22 Å². The van der Waals surface area contributed by atoms with Crippen LogP contribution < -0.4 is 9.47 Å². The van der Waals surface area contributed by atoms with Gasteiger partial charge in [0.1, 0.15) is 11.5 Å². The van der Waals surface area contributed by atoms with Gasteiger partial charge in [0.2, 0.25) is 5.89 Å². The van der Waals surface area contributed by atoms with Crippen molar-refractivity contribution in [2.45, 2.75) is 5.22 Å². The Morgan fingerprint density at radius 3 is 2.42 bits per heavy atom. The fourth-order valence-electron chi connectivity index (χ4n) is 1.94. The van der Waals surface area contributed by atoms with E-state index in [1.54, 1.807) is 7.11 Å². The zero-order valence-corrected chi connectivity index (χ0v) is 15.3. The first-order valence-electron chi connectivity index (χ1n) is 7.24. The molecule has 0 aliphatic heterocycles. The maximum atomic E-state index is 5.66. The second-order valence-electron chi connectivity index (χ2n) is 4.75. The van der Waals surface area contributed by atoms with Crippen LogP contribution in [0.4, 0.5) is 0 Å². The highest BCUT2D eigenvalue weighted by Crippen LogP contribution is 2.24. The minimum atomic E-state index is 0.515. The summed E-state index contributed by atoms with van der Waals surface area (Å²) in [6.45, 7) is 0.549. The lowest BCUT2D eigenvalue weighted by atomic mass is 10.2. The van der Waals surface area contributed by atoms with E-state index in [0.29, 0.717) is 23.5 Å². The number of hydrogen-bond acceptors (Lipinski definition) is 6. The summed E-state index contributed by atoms with van der Waals surface area (Å²) in [6.07, 6.45) is 0. The van der Waals surface area contributed by atoms with Gasteiger partial charge in [-0.05, 0) is 48.5 Å². The Morgan fingerprint density at radius 1 is 1.00 bits per heavy atom. The van der Waals surface area contributed by atoms with E-state index in [2.05, 4.69) is 26.1 Å². The molecule has 0 saturated carbocycles. The van der Waals surface area contributed by atoms with Crippen LogP contribution in [0, 0.1) is 0 Å². The maximum Gasteiger partial charge on any atom is 0.276 e. The van der Waals surface area contributed by atoms with Crippen LogP contribution in [0.3, 0.4) is 0 Å². The zero-order chi connectivity index (χ0) is 16.8. The predicted octanol–water partition coefficient (Wildman–Crippen LogP) is 4.68. The molecule has 5 nitrogen and oxygen atoms in total. The van der Waals surface area contributed by atoms with Crippen molar-refractivity contribution in [1.29, 1.82) is 0 Å². The molecule has 0 radical (unpaired) electrons. The molecule has 2 aromatic carbocycles. The van der Waals surface area contributed by atoms with Gasteiger partial charge in [-0.25, -0.2) is 0 Å². The Labute approximate surface area is 152 Å². The van der Waals surface area contributed by atoms with Gasteiger partial charge in [-0.3, -0.25) is 0 Å². The molecule has 0 atom stereocenters. The van der Waals surface area contributed by atoms with Crippen molar-refractivity contribution in [2.24, 2.45) is 0 Å². The highest BCUT2D eigenvalue weighted by Gasteiger charge is 2.09. The molecule has 124 valence electrons. The van der Waals surface area contributed by atoms with E-state index >= 15 is 0 Å². The van der Waals surface area contributed by atoms with Gasteiger partial charge in [-0.1, -0.05) is 27.7 Å². The second-order valence-corrected chi connectivity index (χ2v) is 6.71. The van der Waals surface area contributed by atoms with Crippen molar-refractivity contribution in [1.82, 2.24) is 10.2 Å². The molecule has 1 heterocycles. The second kappa shape index (κ2) is 8.21. The first kappa shape index (κ1) is 16.9. The minimum Gasteiger partial charge on any atom is -0.497 e. The molecular formula is C17H15BrN2O3S. The fourth-order valence-corrected chi connectivity index (χ4v) is 2.78. The monoisotopic (exact) mass is 406 g/mol. The third-order valence-electron chi connectivity index (χ3n) is 3.13. The van der Waals surface area contributed by atoms with Crippen LogP contribution in [0.5, 0.6) is 11.5 Å². The fraction of sp³-hybridized carbons (Fsp3) is 0.176. The number of benzene rings is 2. The van der Waals surface area contributed by atoms with E-state index in [1.807, 2.05) is 48.5 Å². The number of hydrogen-bond donors (Lipinski definition) is 0. The van der Waals surface area contributed by atoms with E-state index in [1.165, 1.54) is 11.8 Å². The Morgan fingerprint density at radius 2 is 1.71 bits per heavy atom. The normalized spacial score (nSPS) is 10.6. The molecule has 0 amide bonds. The van der Waals surface area contributed by atoms with Gasteiger partial charge in [-0.2, -0.15) is 0 Å². The van der Waals surface area contributed by atoms with E-state index in [9.17, 15) is 0 Å². The van der Waals surface area contributed by atoms with Crippen molar-refractivity contribution in [3.63, 3.8) is 0 Å². The highest BCUT2D eigenvalue weighted by molar-refractivity contribution is 9.10. The summed E-state index contributed by atoms with van der Waals surface area (Å²) in [6, 6.07) is 15.2. The Kier molecular flexibility index (Phi) is 5.77. The van der Waals surface area contributed by atoms with Gasteiger partial charge in [0.15, 0.2) is 0 Å². The molecule has 3 rings (SSSR count). The summed E-state index contributed by atoms with van der Waals surface area (Å²) >= 11 is 4.87. The van der Waals surface area contributed by atoms with Crippen molar-refractivity contribution in [3.05, 3.63) is 53.0 Å². The quantitative estimate of drug-likeness (QED) is 0.419. The maximum absolute atomic E-state index is 5.66. The summed E-state index contributed by atoms with van der Waals surface area (Å²) in [5, 5.41) is 8.64. The van der Waals surface area contributed by atoms with Crippen LogP contribution in [0.2, 0.25) is 0 Å². The highest BCUT2D eigenvalue weighted by atomic mass is 79.9.